The minimum atomic E-state index is -0.676. The molecule has 0 radical (unpaired) electrons. The van der Waals surface area contributed by atoms with Crippen molar-refractivity contribution in [3.8, 4) is 0 Å². The van der Waals surface area contributed by atoms with Crippen molar-refractivity contribution in [1.82, 2.24) is 0 Å². The summed E-state index contributed by atoms with van der Waals surface area (Å²) >= 11 is 0. The van der Waals surface area contributed by atoms with Crippen molar-refractivity contribution in [1.29, 1.82) is 0 Å². The van der Waals surface area contributed by atoms with Crippen molar-refractivity contribution in [2.45, 2.75) is 168 Å². The van der Waals surface area contributed by atoms with E-state index in [2.05, 4.69) is 41.5 Å². The summed E-state index contributed by atoms with van der Waals surface area (Å²) in [6.07, 6.45) is 13.7. The van der Waals surface area contributed by atoms with Gasteiger partial charge in [0.25, 0.3) is 0 Å². The Morgan fingerprint density at radius 2 is 1.55 bits per heavy atom. The van der Waals surface area contributed by atoms with Gasteiger partial charge in [-0.2, -0.15) is 0 Å². The Bertz CT molecular complexity index is 1240. The molecule has 9 unspecified atom stereocenters. The predicted molar refractivity (Wildman–Crippen MR) is 184 cm³/mol. The molecular formula is C41H66O8. The number of rotatable bonds is 9. The first kappa shape index (κ1) is 35.3. The highest BCUT2D eigenvalue weighted by Crippen LogP contribution is 2.69. The maximum absolute atomic E-state index is 11.8. The fraction of sp³-hybridized carbons (Fsp3) is 0.976. The van der Waals surface area contributed by atoms with E-state index in [4.69, 9.17) is 23.7 Å². The van der Waals surface area contributed by atoms with Crippen LogP contribution < -0.4 is 0 Å². The second-order valence-electron chi connectivity index (χ2n) is 19.3. The smallest absolute Gasteiger partial charge is 0.303 e. The number of carbonyl (C=O) groups is 1. The van der Waals surface area contributed by atoms with Gasteiger partial charge in [-0.05, 0) is 142 Å². The van der Waals surface area contributed by atoms with Gasteiger partial charge in [0.2, 0.25) is 0 Å². The second-order valence-corrected chi connectivity index (χ2v) is 19.3. The summed E-state index contributed by atoms with van der Waals surface area (Å²) in [5.74, 6) is 3.69. The van der Waals surface area contributed by atoms with E-state index in [1.165, 1.54) is 32.1 Å². The van der Waals surface area contributed by atoms with Gasteiger partial charge >= 0.3 is 5.97 Å². The number of hydrogen-bond donors (Lipinski definition) is 2. The molecular weight excluding hydrogens is 620 g/mol. The van der Waals surface area contributed by atoms with Crippen LogP contribution in [0.25, 0.3) is 0 Å². The quantitative estimate of drug-likeness (QED) is 0.237. The van der Waals surface area contributed by atoms with Crippen LogP contribution in [0.2, 0.25) is 0 Å². The van der Waals surface area contributed by atoms with Crippen molar-refractivity contribution < 1.29 is 38.7 Å². The normalized spacial score (nSPS) is 55.1. The molecule has 0 amide bonds. The van der Waals surface area contributed by atoms with Gasteiger partial charge in [-0.1, -0.05) is 34.6 Å². The van der Waals surface area contributed by atoms with E-state index in [0.29, 0.717) is 60.6 Å². The molecule has 3 heterocycles. The molecule has 2 bridgehead atoms. The molecule has 18 atom stereocenters. The minimum absolute atomic E-state index is 0.155. The molecule has 1 spiro atoms. The lowest BCUT2D eigenvalue weighted by Gasteiger charge is -2.62. The number of aliphatic carboxylic acids is 1. The number of carboxylic acid groups (broad SMARTS) is 1. The lowest BCUT2D eigenvalue weighted by Crippen LogP contribution is -2.66. The molecule has 3 saturated heterocycles. The van der Waals surface area contributed by atoms with Gasteiger partial charge in [0.1, 0.15) is 5.60 Å². The Morgan fingerprint density at radius 1 is 0.837 bits per heavy atom. The van der Waals surface area contributed by atoms with E-state index in [1.54, 1.807) is 0 Å². The lowest BCUT2D eigenvalue weighted by molar-refractivity contribution is -0.338. The molecule has 8 rings (SSSR count). The Morgan fingerprint density at radius 3 is 2.35 bits per heavy atom. The number of carboxylic acids is 1. The monoisotopic (exact) mass is 686 g/mol. The summed E-state index contributed by atoms with van der Waals surface area (Å²) in [5, 5.41) is 21.1. The molecule has 278 valence electrons. The van der Waals surface area contributed by atoms with E-state index in [1.807, 2.05) is 0 Å². The molecule has 2 N–H and O–H groups in total. The second kappa shape index (κ2) is 12.7. The first-order valence-corrected chi connectivity index (χ1v) is 20.5. The van der Waals surface area contributed by atoms with Crippen molar-refractivity contribution >= 4 is 5.97 Å². The summed E-state index contributed by atoms with van der Waals surface area (Å²) in [7, 11) is 0. The van der Waals surface area contributed by atoms with Crippen LogP contribution in [0.3, 0.4) is 0 Å². The van der Waals surface area contributed by atoms with Crippen LogP contribution in [0.4, 0.5) is 0 Å². The number of aliphatic hydroxyl groups excluding tert-OH is 1. The van der Waals surface area contributed by atoms with Crippen LogP contribution in [0.15, 0.2) is 0 Å². The number of aliphatic hydroxyl groups is 1. The van der Waals surface area contributed by atoms with Crippen molar-refractivity contribution in [2.24, 2.45) is 70.0 Å². The Balaban J connectivity index is 0.854. The van der Waals surface area contributed by atoms with Gasteiger partial charge in [0, 0.05) is 24.7 Å². The van der Waals surface area contributed by atoms with Crippen molar-refractivity contribution in [3.63, 3.8) is 0 Å². The largest absolute Gasteiger partial charge is 0.481 e. The number of fused-ring (bicyclic) bond motifs is 6. The van der Waals surface area contributed by atoms with Crippen LogP contribution in [-0.2, 0) is 28.5 Å². The van der Waals surface area contributed by atoms with Gasteiger partial charge in [0.05, 0.1) is 25.4 Å². The van der Waals surface area contributed by atoms with Crippen LogP contribution in [0, 0.1) is 70.0 Å². The van der Waals surface area contributed by atoms with Crippen LogP contribution in [-0.4, -0.2) is 65.6 Å². The number of ether oxygens (including phenoxy) is 5. The summed E-state index contributed by atoms with van der Waals surface area (Å²) in [6, 6.07) is 0. The molecule has 0 aromatic rings. The molecule has 0 aromatic heterocycles. The summed E-state index contributed by atoms with van der Waals surface area (Å²) in [6.45, 7) is 15.1. The fourth-order valence-corrected chi connectivity index (χ4v) is 14.6. The van der Waals surface area contributed by atoms with Gasteiger partial charge in [0.15, 0.2) is 18.4 Å². The minimum Gasteiger partial charge on any atom is -0.481 e. The molecule has 8 aliphatic rings. The van der Waals surface area contributed by atoms with Crippen molar-refractivity contribution in [2.75, 3.05) is 13.2 Å². The molecule has 5 saturated carbocycles. The van der Waals surface area contributed by atoms with Crippen LogP contribution in [0.5, 0.6) is 0 Å². The highest BCUT2D eigenvalue weighted by molar-refractivity contribution is 5.66. The van der Waals surface area contributed by atoms with Crippen LogP contribution >= 0.6 is 0 Å². The van der Waals surface area contributed by atoms with Crippen molar-refractivity contribution in [3.05, 3.63) is 0 Å². The summed E-state index contributed by atoms with van der Waals surface area (Å²) in [4.78, 5) is 11.3. The van der Waals surface area contributed by atoms with E-state index in [0.717, 1.165) is 51.4 Å². The highest BCUT2D eigenvalue weighted by Gasteiger charge is 2.71. The third kappa shape index (κ3) is 5.53. The maximum Gasteiger partial charge on any atom is 0.303 e. The van der Waals surface area contributed by atoms with Gasteiger partial charge in [-0.15, -0.1) is 0 Å². The summed E-state index contributed by atoms with van der Waals surface area (Å²) < 4.78 is 32.9. The first-order chi connectivity index (χ1) is 23.3. The zero-order valence-electron chi connectivity index (χ0n) is 31.2. The summed E-state index contributed by atoms with van der Waals surface area (Å²) in [5.41, 5.74) is 0.0842. The molecule has 8 heteroatoms. The van der Waals surface area contributed by atoms with Crippen LogP contribution in [0.1, 0.15) is 131 Å². The Kier molecular flexibility index (Phi) is 9.13. The fourth-order valence-electron chi connectivity index (χ4n) is 14.6. The SMILES string of the molecule is C[C@H]1C(OCCO[C@@H]2CC[C@]3(C)C4CC[C@@]5(C)C(CC[C@@H]5[C@H](C)CCC(=O)O)C4C[C@H](O)C3C2)OC2O[C@@]3(C)CCC4[C@H](C)CCC1C24O3. The Labute approximate surface area is 295 Å². The molecule has 3 aliphatic heterocycles. The average Bonchev–Trinajstić information content (AvgIpc) is 3.52. The van der Waals surface area contributed by atoms with Gasteiger partial charge in [-0.3, -0.25) is 4.79 Å². The zero-order chi connectivity index (χ0) is 34.5. The highest BCUT2D eigenvalue weighted by atomic mass is 16.9. The standard InChI is InChI=1S/C41H66O8/c1-23(8-12-35(43)44)28-10-11-31-27-22-34(42)33-21-26(13-16-39(33,5)32(27)14-17-38(28,31)4)45-19-20-46-36-25(3)30-9-7-24(2)29-15-18-40(6)48-37(47-36)41(29,30)49-40/h23-34,36-37,42H,7-22H2,1-6H3,(H,43,44)/t23-,24-,25-,26-,27?,28-,29?,30?,31?,32?,33?,34+,36?,37?,38-,39-,40-,41?/m1/s1. The molecule has 5 aliphatic carbocycles. The van der Waals surface area contributed by atoms with E-state index in [9.17, 15) is 15.0 Å². The van der Waals surface area contributed by atoms with E-state index >= 15 is 0 Å². The topological polar surface area (TPSA) is 104 Å². The molecule has 8 fully saturated rings. The molecule has 8 nitrogen and oxygen atoms in total. The third-order valence-electron chi connectivity index (χ3n) is 17.1. The predicted octanol–water partition coefficient (Wildman–Crippen LogP) is 7.80. The molecule has 0 aromatic carbocycles. The average molecular weight is 687 g/mol. The van der Waals surface area contributed by atoms with E-state index in [-0.39, 0.29) is 59.5 Å². The van der Waals surface area contributed by atoms with Gasteiger partial charge < -0.3 is 33.9 Å². The zero-order valence-corrected chi connectivity index (χ0v) is 31.2. The van der Waals surface area contributed by atoms with E-state index < -0.39 is 11.8 Å². The lowest BCUT2D eigenvalue weighted by atomic mass is 9.43. The molecule has 49 heavy (non-hydrogen) atoms. The third-order valence-corrected chi connectivity index (χ3v) is 17.1. The maximum atomic E-state index is 11.8. The number of hydrogen-bond acceptors (Lipinski definition) is 7. The first-order valence-electron chi connectivity index (χ1n) is 20.5. The Hall–Kier alpha value is -0.770. The van der Waals surface area contributed by atoms with Gasteiger partial charge in [-0.25, -0.2) is 0 Å².